The highest BCUT2D eigenvalue weighted by atomic mass is 15.1. The lowest BCUT2D eigenvalue weighted by Gasteiger charge is -2.26. The second-order valence-corrected chi connectivity index (χ2v) is 19.2. The molecular weight excluding hydrogens is 849 g/mol. The highest BCUT2D eigenvalue weighted by Gasteiger charge is 2.18. The van der Waals surface area contributed by atoms with Crippen LogP contribution in [0.3, 0.4) is 0 Å². The fourth-order valence-electron chi connectivity index (χ4n) is 11.2. The van der Waals surface area contributed by atoms with Crippen LogP contribution >= 0.6 is 0 Å². The second-order valence-electron chi connectivity index (χ2n) is 19.2. The Morgan fingerprint density at radius 3 is 0.814 bits per heavy atom. The van der Waals surface area contributed by atoms with Crippen LogP contribution in [0.5, 0.6) is 0 Å². The summed E-state index contributed by atoms with van der Waals surface area (Å²) in [7, 11) is 0. The topological polar surface area (TPSA) is 18.0 Å². The minimum absolute atomic E-state index is 1.03. The first-order valence-corrected chi connectivity index (χ1v) is 25.7. The Balaban J connectivity index is 0.915. The predicted octanol–water partition coefficient (Wildman–Crippen LogP) is 18.9. The van der Waals surface area contributed by atoms with Gasteiger partial charge in [-0.1, -0.05) is 149 Å². The van der Waals surface area contributed by atoms with E-state index in [9.17, 15) is 0 Å². The van der Waals surface area contributed by atoms with Crippen molar-refractivity contribution >= 4 is 82.5 Å². The normalized spacial score (nSPS) is 11.9. The lowest BCUT2D eigenvalue weighted by Crippen LogP contribution is -2.09. The van der Waals surface area contributed by atoms with Crippen molar-refractivity contribution in [2.24, 2.45) is 0 Å². The molecule has 3 aromatic heterocycles. The third-order valence-electron chi connectivity index (χ3n) is 14.9. The van der Waals surface area contributed by atoms with E-state index in [0.29, 0.717) is 0 Å². The van der Waals surface area contributed by atoms with E-state index < -0.39 is 0 Å². The van der Waals surface area contributed by atoms with E-state index in [1.807, 2.05) is 0 Å². The number of aryl methyl sites for hydroxylation is 3. The molecule has 0 aliphatic carbocycles. The molecule has 70 heavy (non-hydrogen) atoms. The molecule has 4 heteroatoms. The minimum Gasteiger partial charge on any atom is -0.340 e. The molecule has 0 aliphatic heterocycles. The number of hydrogen-bond donors (Lipinski definition) is 0. The molecule has 0 atom stereocenters. The molecule has 3 heterocycles. The molecule has 12 rings (SSSR count). The quantitative estimate of drug-likeness (QED) is 0.100. The molecule has 9 aromatic carbocycles. The van der Waals surface area contributed by atoms with Crippen LogP contribution in [-0.4, -0.2) is 13.7 Å². The van der Waals surface area contributed by atoms with Crippen molar-refractivity contribution in [1.29, 1.82) is 0 Å². The van der Waals surface area contributed by atoms with Crippen LogP contribution in [0, 0.1) is 0 Å². The fraction of sp³-hybridized carbons (Fsp3) is 0.182. The van der Waals surface area contributed by atoms with E-state index in [0.717, 1.165) is 36.7 Å². The van der Waals surface area contributed by atoms with Crippen LogP contribution in [0.2, 0.25) is 0 Å². The predicted molar refractivity (Wildman–Crippen MR) is 301 cm³/mol. The third-order valence-corrected chi connectivity index (χ3v) is 14.9. The highest BCUT2D eigenvalue weighted by molar-refractivity contribution is 6.11. The summed E-state index contributed by atoms with van der Waals surface area (Å²) in [6.07, 6.45) is 7.03. The molecule has 0 saturated heterocycles. The van der Waals surface area contributed by atoms with Gasteiger partial charge in [0.05, 0.1) is 0 Å². The molecule has 12 aromatic rings. The smallest absolute Gasteiger partial charge is 0.0491 e. The van der Waals surface area contributed by atoms with E-state index >= 15 is 0 Å². The maximum atomic E-state index is 2.51. The zero-order valence-corrected chi connectivity index (χ0v) is 40.7. The number of nitrogens with zero attached hydrogens (tertiary/aromatic N) is 4. The Hall–Kier alpha value is -7.82. The van der Waals surface area contributed by atoms with Gasteiger partial charge in [0, 0.05) is 102 Å². The first kappa shape index (κ1) is 43.5. The van der Waals surface area contributed by atoms with Crippen molar-refractivity contribution in [1.82, 2.24) is 13.7 Å². The van der Waals surface area contributed by atoms with Crippen LogP contribution < -0.4 is 4.90 Å². The van der Waals surface area contributed by atoms with Crippen molar-refractivity contribution in [3.8, 4) is 33.4 Å². The molecule has 4 nitrogen and oxygen atoms in total. The Kier molecular flexibility index (Phi) is 11.5. The molecule has 0 bridgehead atoms. The molecule has 0 radical (unpaired) electrons. The zero-order chi connectivity index (χ0) is 47.1. The van der Waals surface area contributed by atoms with Gasteiger partial charge in [-0.25, -0.2) is 0 Å². The largest absolute Gasteiger partial charge is 0.340 e. The Morgan fingerprint density at radius 1 is 0.271 bits per heavy atom. The number of benzene rings is 9. The summed E-state index contributed by atoms with van der Waals surface area (Å²) in [5.41, 5.74) is 18.5. The number of rotatable bonds is 15. The summed E-state index contributed by atoms with van der Waals surface area (Å²) in [5, 5.41) is 7.92. The first-order valence-electron chi connectivity index (χ1n) is 25.7. The lowest BCUT2D eigenvalue weighted by atomic mass is 10.0. The van der Waals surface area contributed by atoms with Crippen molar-refractivity contribution in [2.75, 3.05) is 4.90 Å². The monoisotopic (exact) mass is 908 g/mol. The molecule has 0 spiro atoms. The number of para-hydroxylation sites is 3. The van der Waals surface area contributed by atoms with Gasteiger partial charge in [-0.05, 0) is 144 Å². The van der Waals surface area contributed by atoms with Crippen molar-refractivity contribution in [3.63, 3.8) is 0 Å². The Labute approximate surface area is 411 Å². The van der Waals surface area contributed by atoms with Gasteiger partial charge in [0.2, 0.25) is 0 Å². The van der Waals surface area contributed by atoms with Crippen LogP contribution in [-0.2, 0) is 19.6 Å². The fourth-order valence-corrected chi connectivity index (χ4v) is 11.2. The number of fused-ring (bicyclic) bond motifs is 9. The summed E-state index contributed by atoms with van der Waals surface area (Å²) in [4.78, 5) is 2.40. The van der Waals surface area contributed by atoms with E-state index in [1.54, 1.807) is 0 Å². The molecule has 0 aliphatic rings. The van der Waals surface area contributed by atoms with Crippen LogP contribution in [0.15, 0.2) is 200 Å². The van der Waals surface area contributed by atoms with E-state index in [4.69, 9.17) is 0 Å². The number of unbranched alkanes of at least 4 members (excludes halogenated alkanes) is 3. The second kappa shape index (κ2) is 18.6. The van der Waals surface area contributed by atoms with E-state index in [1.165, 1.54) is 137 Å². The number of anilines is 3. The molecule has 0 fully saturated rings. The van der Waals surface area contributed by atoms with Gasteiger partial charge in [-0.2, -0.15) is 0 Å². The van der Waals surface area contributed by atoms with Crippen molar-refractivity contribution in [3.05, 3.63) is 200 Å². The summed E-state index contributed by atoms with van der Waals surface area (Å²) < 4.78 is 7.52. The van der Waals surface area contributed by atoms with Gasteiger partial charge in [0.1, 0.15) is 0 Å². The summed E-state index contributed by atoms with van der Waals surface area (Å²) in [5.74, 6) is 0. The zero-order valence-electron chi connectivity index (χ0n) is 40.7. The summed E-state index contributed by atoms with van der Waals surface area (Å²) in [6.45, 7) is 9.91. The molecule has 344 valence electrons. The maximum absolute atomic E-state index is 2.51. The number of hydrogen-bond acceptors (Lipinski definition) is 1. The van der Waals surface area contributed by atoms with Gasteiger partial charge in [0.25, 0.3) is 0 Å². The van der Waals surface area contributed by atoms with Crippen LogP contribution in [0.1, 0.15) is 59.3 Å². The van der Waals surface area contributed by atoms with Gasteiger partial charge in [-0.15, -0.1) is 0 Å². The SMILES string of the molecule is CCCCn1c2ccccc2c2cc(-c3ccc(N(c4ccc(-c5ccc6c(c5)c5ccccc5n6CCCC)cc4)c4ccc(-c5ccc6c(c5)c5ccccc5n6CCCC)cc4)cc3)ccc21. The van der Waals surface area contributed by atoms with E-state index in [-0.39, 0.29) is 0 Å². The maximum Gasteiger partial charge on any atom is 0.0491 e. The molecular formula is C66H60N4. The van der Waals surface area contributed by atoms with Crippen LogP contribution in [0.4, 0.5) is 17.1 Å². The lowest BCUT2D eigenvalue weighted by molar-refractivity contribution is 0.665. The number of aromatic nitrogens is 3. The third kappa shape index (κ3) is 7.63. The minimum atomic E-state index is 1.03. The van der Waals surface area contributed by atoms with Gasteiger partial charge in [-0.3, -0.25) is 0 Å². The van der Waals surface area contributed by atoms with Crippen LogP contribution in [0.25, 0.3) is 98.8 Å². The van der Waals surface area contributed by atoms with Gasteiger partial charge < -0.3 is 18.6 Å². The standard InChI is InChI=1S/C66H60N4/c1-4-7-40-67-61-19-13-10-16-55(61)58-43-49(28-37-64(58)67)46-22-31-52(32-23-46)70(53-33-24-47(25-34-53)50-29-38-65-59(44-50)56-17-11-14-20-62(56)68(65)41-8-5-2)54-35-26-48(27-36-54)51-30-39-66-60(45-51)57-18-12-15-21-63(57)69(66)42-9-6-3/h10-39,43-45H,4-9,40-42H2,1-3H3. The van der Waals surface area contributed by atoms with Crippen molar-refractivity contribution in [2.45, 2.75) is 78.9 Å². The molecule has 0 amide bonds. The average Bonchev–Trinajstić information content (AvgIpc) is 4.03. The van der Waals surface area contributed by atoms with E-state index in [2.05, 4.69) is 240 Å². The molecule has 0 saturated carbocycles. The van der Waals surface area contributed by atoms with Gasteiger partial charge >= 0.3 is 0 Å². The molecule has 0 unspecified atom stereocenters. The van der Waals surface area contributed by atoms with Crippen molar-refractivity contribution < 1.29 is 0 Å². The average molecular weight is 909 g/mol. The summed E-state index contributed by atoms with van der Waals surface area (Å²) in [6, 6.07) is 75.2. The Morgan fingerprint density at radius 2 is 0.529 bits per heavy atom. The first-order chi connectivity index (χ1) is 34.6. The Bertz CT molecular complexity index is 3420. The van der Waals surface area contributed by atoms with Gasteiger partial charge in [0.15, 0.2) is 0 Å². The summed E-state index contributed by atoms with van der Waals surface area (Å²) >= 11 is 0. The highest BCUT2D eigenvalue weighted by Crippen LogP contribution is 2.41. The molecule has 0 N–H and O–H groups in total.